The molecule has 0 bridgehead atoms. The topological polar surface area (TPSA) is 35.5 Å². The Bertz CT molecular complexity index is 1080. The fourth-order valence-corrected chi connectivity index (χ4v) is 5.46. The summed E-state index contributed by atoms with van der Waals surface area (Å²) in [6, 6.07) is 5.73. The second kappa shape index (κ2) is 10.8. The Morgan fingerprint density at radius 2 is 1.26 bits per heavy atom. The number of benzene rings is 2. The van der Waals surface area contributed by atoms with Crippen LogP contribution in [0.4, 0.5) is 17.6 Å². The number of ether oxygens (including phenoxy) is 2. The summed E-state index contributed by atoms with van der Waals surface area (Å²) in [7, 11) is 1.27. The van der Waals surface area contributed by atoms with Crippen LogP contribution in [0.5, 0.6) is 11.5 Å². The van der Waals surface area contributed by atoms with Gasteiger partial charge in [-0.3, -0.25) is 4.79 Å². The number of halogens is 4. The van der Waals surface area contributed by atoms with Crippen LogP contribution >= 0.6 is 0 Å². The van der Waals surface area contributed by atoms with E-state index in [0.717, 1.165) is 25.7 Å². The molecule has 0 radical (unpaired) electrons. The molecule has 0 aliphatic heterocycles. The van der Waals surface area contributed by atoms with Crippen molar-refractivity contribution in [3.63, 3.8) is 0 Å². The Kier molecular flexibility index (Phi) is 7.82. The van der Waals surface area contributed by atoms with E-state index >= 15 is 0 Å². The molecule has 2 aromatic rings. The lowest BCUT2D eigenvalue weighted by Gasteiger charge is -2.28. The lowest BCUT2D eigenvalue weighted by molar-refractivity contribution is -0.140. The van der Waals surface area contributed by atoms with Crippen LogP contribution in [-0.2, 0) is 4.79 Å². The van der Waals surface area contributed by atoms with Gasteiger partial charge in [0, 0.05) is 0 Å². The predicted octanol–water partition coefficient (Wildman–Crippen LogP) is 7.59. The zero-order valence-electron chi connectivity index (χ0n) is 19.8. The average molecular weight is 491 g/mol. The number of methoxy groups -OCH3 is 1. The normalized spacial score (nSPS) is 24.6. The van der Waals surface area contributed by atoms with Crippen LogP contribution < -0.4 is 9.47 Å². The third-order valence-electron chi connectivity index (χ3n) is 7.63. The zero-order chi connectivity index (χ0) is 25.1. The quantitative estimate of drug-likeness (QED) is 0.181. The van der Waals surface area contributed by atoms with Gasteiger partial charge >= 0.3 is 5.97 Å². The first kappa shape index (κ1) is 25.3. The molecule has 2 aliphatic carbocycles. The Labute approximate surface area is 203 Å². The molecular formula is C28H30F4O3. The first-order valence-corrected chi connectivity index (χ1v) is 12.2. The molecular weight excluding hydrogens is 460 g/mol. The van der Waals surface area contributed by atoms with Crippen molar-refractivity contribution in [2.24, 2.45) is 11.8 Å². The summed E-state index contributed by atoms with van der Waals surface area (Å²) in [5.41, 5.74) is 0.569. The lowest BCUT2D eigenvalue weighted by atomic mass is 9.78. The highest BCUT2D eigenvalue weighted by molar-refractivity contribution is 5.75. The number of hydrogen-bond acceptors (Lipinski definition) is 3. The number of allylic oxidation sites excluding steroid dienone is 1. The van der Waals surface area contributed by atoms with E-state index in [1.165, 1.54) is 31.4 Å². The van der Waals surface area contributed by atoms with Crippen molar-refractivity contribution in [3.05, 3.63) is 71.3 Å². The lowest BCUT2D eigenvalue weighted by Crippen LogP contribution is -2.26. The third-order valence-corrected chi connectivity index (χ3v) is 7.63. The monoisotopic (exact) mass is 490 g/mol. The standard InChI is InChI=1S/C28H30F4O3/c1-3-16-4-6-17(7-5-16)21-13-15-23(27(32)25(21)30)35-28(33)19-10-8-18(9-11-19)20-12-14-22(34-2)26(31)24(20)29/h3,12-19H,1,4-11H2,2H3. The van der Waals surface area contributed by atoms with Crippen molar-refractivity contribution in [1.29, 1.82) is 0 Å². The van der Waals surface area contributed by atoms with Crippen LogP contribution in [0, 0.1) is 35.1 Å². The molecule has 0 unspecified atom stereocenters. The van der Waals surface area contributed by atoms with E-state index in [9.17, 15) is 22.4 Å². The summed E-state index contributed by atoms with van der Waals surface area (Å²) < 4.78 is 68.1. The predicted molar refractivity (Wildman–Crippen MR) is 124 cm³/mol. The van der Waals surface area contributed by atoms with Crippen LogP contribution in [0.15, 0.2) is 36.9 Å². The van der Waals surface area contributed by atoms with Gasteiger partial charge in [0.25, 0.3) is 0 Å². The van der Waals surface area contributed by atoms with E-state index in [0.29, 0.717) is 37.2 Å². The minimum absolute atomic E-state index is 0.0658. The molecule has 0 N–H and O–H groups in total. The molecule has 2 aromatic carbocycles. The maximum atomic E-state index is 14.8. The van der Waals surface area contributed by atoms with Crippen molar-refractivity contribution in [1.82, 2.24) is 0 Å². The number of esters is 1. The van der Waals surface area contributed by atoms with E-state index in [1.807, 2.05) is 6.08 Å². The van der Waals surface area contributed by atoms with Crippen molar-refractivity contribution in [2.75, 3.05) is 7.11 Å². The number of carbonyl (C=O) groups excluding carboxylic acids is 1. The van der Waals surface area contributed by atoms with Gasteiger partial charge in [-0.15, -0.1) is 6.58 Å². The third kappa shape index (κ3) is 5.24. The second-order valence-corrected chi connectivity index (χ2v) is 9.58. The zero-order valence-corrected chi connectivity index (χ0v) is 19.8. The number of rotatable bonds is 6. The van der Waals surface area contributed by atoms with Crippen molar-refractivity contribution in [3.8, 4) is 11.5 Å². The van der Waals surface area contributed by atoms with Crippen LogP contribution in [-0.4, -0.2) is 13.1 Å². The smallest absolute Gasteiger partial charge is 0.314 e. The van der Waals surface area contributed by atoms with Gasteiger partial charge < -0.3 is 9.47 Å². The Morgan fingerprint density at radius 3 is 1.77 bits per heavy atom. The highest BCUT2D eigenvalue weighted by Gasteiger charge is 2.32. The molecule has 3 nitrogen and oxygen atoms in total. The van der Waals surface area contributed by atoms with Crippen LogP contribution in [0.25, 0.3) is 0 Å². The van der Waals surface area contributed by atoms with Gasteiger partial charge in [-0.1, -0.05) is 18.2 Å². The summed E-state index contributed by atoms with van der Waals surface area (Å²) in [5, 5.41) is 0. The van der Waals surface area contributed by atoms with Gasteiger partial charge in [0.15, 0.2) is 23.1 Å². The maximum Gasteiger partial charge on any atom is 0.314 e. The molecule has 0 aromatic heterocycles. The molecule has 0 saturated heterocycles. The summed E-state index contributed by atoms with van der Waals surface area (Å²) in [6.45, 7) is 3.81. The Morgan fingerprint density at radius 1 is 0.771 bits per heavy atom. The molecule has 0 atom stereocenters. The van der Waals surface area contributed by atoms with E-state index in [2.05, 4.69) is 6.58 Å². The molecule has 2 aliphatic rings. The largest absolute Gasteiger partial charge is 0.494 e. The van der Waals surface area contributed by atoms with Gasteiger partial charge in [0.1, 0.15) is 0 Å². The summed E-state index contributed by atoms with van der Waals surface area (Å²) in [4.78, 5) is 12.7. The second-order valence-electron chi connectivity index (χ2n) is 9.58. The highest BCUT2D eigenvalue weighted by Crippen LogP contribution is 2.41. The number of carbonyl (C=O) groups is 1. The molecule has 35 heavy (non-hydrogen) atoms. The summed E-state index contributed by atoms with van der Waals surface area (Å²) in [6.07, 6.45) is 6.87. The van der Waals surface area contributed by atoms with Crippen LogP contribution in [0.3, 0.4) is 0 Å². The highest BCUT2D eigenvalue weighted by atomic mass is 19.2. The first-order valence-electron chi connectivity index (χ1n) is 12.2. The number of hydrogen-bond donors (Lipinski definition) is 0. The Balaban J connectivity index is 1.37. The average Bonchev–Trinajstić information content (AvgIpc) is 2.88. The minimum Gasteiger partial charge on any atom is -0.494 e. The summed E-state index contributed by atoms with van der Waals surface area (Å²) >= 11 is 0. The van der Waals surface area contributed by atoms with Crippen LogP contribution in [0.2, 0.25) is 0 Å². The molecule has 0 amide bonds. The Hall–Kier alpha value is -2.83. The van der Waals surface area contributed by atoms with Crippen molar-refractivity contribution in [2.45, 2.75) is 63.2 Å². The fourth-order valence-electron chi connectivity index (χ4n) is 5.46. The molecule has 188 valence electrons. The maximum absolute atomic E-state index is 14.8. The molecule has 0 heterocycles. The van der Waals surface area contributed by atoms with Crippen molar-refractivity contribution < 1.29 is 31.8 Å². The van der Waals surface area contributed by atoms with Gasteiger partial charge in [0.05, 0.1) is 13.0 Å². The molecule has 0 spiro atoms. The fraction of sp³-hybridized carbons (Fsp3) is 0.464. The van der Waals surface area contributed by atoms with Crippen LogP contribution in [0.1, 0.15) is 74.3 Å². The SMILES string of the molecule is C=CC1CCC(c2ccc(OC(=O)C3CCC(c4ccc(OC)c(F)c4F)CC3)c(F)c2F)CC1. The van der Waals surface area contributed by atoms with Gasteiger partial charge in [-0.05, 0) is 92.4 Å². The molecule has 2 saturated carbocycles. The van der Waals surface area contributed by atoms with E-state index in [4.69, 9.17) is 9.47 Å². The first-order chi connectivity index (χ1) is 16.8. The molecule has 7 heteroatoms. The van der Waals surface area contributed by atoms with E-state index < -0.39 is 40.9 Å². The van der Waals surface area contributed by atoms with Gasteiger partial charge in [-0.25, -0.2) is 8.78 Å². The molecule has 2 fully saturated rings. The van der Waals surface area contributed by atoms with Gasteiger partial charge in [0.2, 0.25) is 11.6 Å². The molecule has 4 rings (SSSR count). The minimum atomic E-state index is -1.15. The van der Waals surface area contributed by atoms with Gasteiger partial charge in [-0.2, -0.15) is 8.78 Å². The van der Waals surface area contributed by atoms with Crippen molar-refractivity contribution >= 4 is 5.97 Å². The summed E-state index contributed by atoms with van der Waals surface area (Å²) in [5.74, 6) is -5.70. The van der Waals surface area contributed by atoms with E-state index in [1.54, 1.807) is 0 Å². The van der Waals surface area contributed by atoms with E-state index in [-0.39, 0.29) is 23.1 Å².